The lowest BCUT2D eigenvalue weighted by atomic mass is 10.2. The first-order valence-electron chi connectivity index (χ1n) is 5.57. The number of sulfonamides is 1. The van der Waals surface area contributed by atoms with E-state index in [0.717, 1.165) is 0 Å². The van der Waals surface area contributed by atoms with Gasteiger partial charge in [-0.25, -0.2) is 17.5 Å². The Hall–Kier alpha value is -1.02. The Kier molecular flexibility index (Phi) is 5.67. The van der Waals surface area contributed by atoms with Gasteiger partial charge in [0, 0.05) is 25.3 Å². The van der Waals surface area contributed by atoms with Gasteiger partial charge in [0.1, 0.15) is 5.82 Å². The maximum absolute atomic E-state index is 13.4. The van der Waals surface area contributed by atoms with Gasteiger partial charge in [-0.05, 0) is 19.1 Å². The Labute approximate surface area is 106 Å². The van der Waals surface area contributed by atoms with Crippen LogP contribution in [0.1, 0.15) is 12.5 Å². The molecule has 18 heavy (non-hydrogen) atoms. The van der Waals surface area contributed by atoms with Gasteiger partial charge in [-0.2, -0.15) is 0 Å². The molecule has 0 aliphatic carbocycles. The predicted octanol–water partition coefficient (Wildman–Crippen LogP) is 0.599. The molecule has 1 aromatic carbocycles. The molecule has 0 saturated heterocycles. The minimum Gasteiger partial charge on any atom is -0.380 e. The summed E-state index contributed by atoms with van der Waals surface area (Å²) in [5.74, 6) is -0.620. The molecule has 5 nitrogen and oxygen atoms in total. The van der Waals surface area contributed by atoms with Crippen molar-refractivity contribution >= 4 is 10.0 Å². The number of ether oxygens (including phenoxy) is 1. The van der Waals surface area contributed by atoms with Gasteiger partial charge in [-0.3, -0.25) is 0 Å². The van der Waals surface area contributed by atoms with Crippen LogP contribution in [0.4, 0.5) is 4.39 Å². The summed E-state index contributed by atoms with van der Waals surface area (Å²) in [7, 11) is -3.76. The largest absolute Gasteiger partial charge is 0.380 e. The highest BCUT2D eigenvalue weighted by atomic mass is 32.2. The van der Waals surface area contributed by atoms with Gasteiger partial charge >= 0.3 is 0 Å². The average Bonchev–Trinajstić information content (AvgIpc) is 2.34. The molecule has 0 atom stereocenters. The zero-order valence-corrected chi connectivity index (χ0v) is 11.0. The highest BCUT2D eigenvalue weighted by molar-refractivity contribution is 7.89. The molecule has 0 unspecified atom stereocenters. The van der Waals surface area contributed by atoms with E-state index in [1.165, 1.54) is 18.2 Å². The third-order valence-corrected chi connectivity index (χ3v) is 3.86. The zero-order valence-electron chi connectivity index (χ0n) is 10.1. The van der Waals surface area contributed by atoms with Crippen LogP contribution in [0.25, 0.3) is 0 Å². The van der Waals surface area contributed by atoms with Gasteiger partial charge in [-0.15, -0.1) is 0 Å². The molecule has 1 rings (SSSR count). The second-order valence-electron chi connectivity index (χ2n) is 3.52. The molecule has 0 aliphatic rings. The lowest BCUT2D eigenvalue weighted by Gasteiger charge is -2.11. The quantitative estimate of drug-likeness (QED) is 0.715. The van der Waals surface area contributed by atoms with E-state index in [-0.39, 0.29) is 30.2 Å². The summed E-state index contributed by atoms with van der Waals surface area (Å²) in [5.41, 5.74) is 5.36. The molecular formula is C11H17FN2O3S. The summed E-state index contributed by atoms with van der Waals surface area (Å²) in [6.07, 6.45) is 0. The van der Waals surface area contributed by atoms with Crippen molar-refractivity contribution in [2.24, 2.45) is 5.73 Å². The molecule has 7 heteroatoms. The van der Waals surface area contributed by atoms with Gasteiger partial charge in [-0.1, -0.05) is 6.07 Å². The minimum atomic E-state index is -3.76. The van der Waals surface area contributed by atoms with Crippen molar-refractivity contribution < 1.29 is 17.5 Å². The lowest BCUT2D eigenvalue weighted by molar-refractivity contribution is 0.153. The van der Waals surface area contributed by atoms with E-state index in [1.807, 2.05) is 6.92 Å². The first-order chi connectivity index (χ1) is 8.53. The van der Waals surface area contributed by atoms with E-state index in [4.69, 9.17) is 10.5 Å². The van der Waals surface area contributed by atoms with Crippen molar-refractivity contribution in [3.8, 4) is 0 Å². The maximum Gasteiger partial charge on any atom is 0.241 e. The number of nitrogens with two attached hydrogens (primary N) is 1. The Bertz CT molecular complexity index is 491. The van der Waals surface area contributed by atoms with Gasteiger partial charge in [0.25, 0.3) is 0 Å². The molecule has 0 bridgehead atoms. The lowest BCUT2D eigenvalue weighted by Crippen LogP contribution is -2.29. The van der Waals surface area contributed by atoms with Crippen molar-refractivity contribution in [3.63, 3.8) is 0 Å². The highest BCUT2D eigenvalue weighted by Gasteiger charge is 2.19. The Morgan fingerprint density at radius 2 is 2.17 bits per heavy atom. The smallest absolute Gasteiger partial charge is 0.241 e. The molecule has 0 radical (unpaired) electrons. The van der Waals surface area contributed by atoms with E-state index in [0.29, 0.717) is 6.61 Å². The van der Waals surface area contributed by atoms with Crippen LogP contribution in [-0.4, -0.2) is 28.2 Å². The summed E-state index contributed by atoms with van der Waals surface area (Å²) in [5, 5.41) is 0. The van der Waals surface area contributed by atoms with Crippen LogP contribution in [0, 0.1) is 5.82 Å². The second kappa shape index (κ2) is 6.79. The molecule has 0 fully saturated rings. The molecule has 3 N–H and O–H groups in total. The normalized spacial score (nSPS) is 11.7. The van der Waals surface area contributed by atoms with Crippen LogP contribution in [-0.2, 0) is 21.3 Å². The van der Waals surface area contributed by atoms with E-state index >= 15 is 0 Å². The van der Waals surface area contributed by atoms with E-state index in [9.17, 15) is 12.8 Å². The SMILES string of the molecule is CCOCCNS(=O)(=O)c1cccc(F)c1CN. The topological polar surface area (TPSA) is 81.4 Å². The second-order valence-corrected chi connectivity index (χ2v) is 5.25. The molecule has 0 heterocycles. The highest BCUT2D eigenvalue weighted by Crippen LogP contribution is 2.17. The Balaban J connectivity index is 2.88. The number of hydrogen-bond acceptors (Lipinski definition) is 4. The Morgan fingerprint density at radius 1 is 1.44 bits per heavy atom. The van der Waals surface area contributed by atoms with Crippen molar-refractivity contribution in [1.29, 1.82) is 0 Å². The minimum absolute atomic E-state index is 0.0126. The maximum atomic E-state index is 13.4. The van der Waals surface area contributed by atoms with Crippen molar-refractivity contribution in [2.75, 3.05) is 19.8 Å². The number of hydrogen-bond donors (Lipinski definition) is 2. The fourth-order valence-electron chi connectivity index (χ4n) is 1.46. The summed E-state index contributed by atoms with van der Waals surface area (Å²) in [6, 6.07) is 3.85. The number of benzene rings is 1. The number of nitrogens with one attached hydrogen (secondary N) is 1. The molecule has 102 valence electrons. The van der Waals surface area contributed by atoms with E-state index in [2.05, 4.69) is 4.72 Å². The molecule has 0 amide bonds. The molecule has 0 aromatic heterocycles. The van der Waals surface area contributed by atoms with Gasteiger partial charge < -0.3 is 10.5 Å². The zero-order chi connectivity index (χ0) is 13.6. The number of rotatable bonds is 7. The van der Waals surface area contributed by atoms with Crippen LogP contribution in [0.5, 0.6) is 0 Å². The number of halogens is 1. The van der Waals surface area contributed by atoms with Gasteiger partial charge in [0.2, 0.25) is 10.0 Å². The van der Waals surface area contributed by atoms with Crippen LogP contribution < -0.4 is 10.5 Å². The summed E-state index contributed by atoms with van der Waals surface area (Å²) in [6.45, 7) is 2.55. The monoisotopic (exact) mass is 276 g/mol. The molecule has 0 spiro atoms. The van der Waals surface area contributed by atoms with Crippen LogP contribution in [0.15, 0.2) is 23.1 Å². The summed E-state index contributed by atoms with van der Waals surface area (Å²) < 4.78 is 44.7. The van der Waals surface area contributed by atoms with Crippen LogP contribution in [0.3, 0.4) is 0 Å². The van der Waals surface area contributed by atoms with Crippen LogP contribution >= 0.6 is 0 Å². The third-order valence-electron chi connectivity index (χ3n) is 2.31. The van der Waals surface area contributed by atoms with E-state index in [1.54, 1.807) is 0 Å². The van der Waals surface area contributed by atoms with Gasteiger partial charge in [0.05, 0.1) is 11.5 Å². The fourth-order valence-corrected chi connectivity index (χ4v) is 2.73. The van der Waals surface area contributed by atoms with Crippen molar-refractivity contribution in [2.45, 2.75) is 18.4 Å². The average molecular weight is 276 g/mol. The van der Waals surface area contributed by atoms with Crippen molar-refractivity contribution in [1.82, 2.24) is 4.72 Å². The molecule has 0 aliphatic heterocycles. The molecule has 0 saturated carbocycles. The first kappa shape index (κ1) is 15.0. The van der Waals surface area contributed by atoms with Crippen LogP contribution in [0.2, 0.25) is 0 Å². The summed E-state index contributed by atoms with van der Waals surface area (Å²) >= 11 is 0. The first-order valence-corrected chi connectivity index (χ1v) is 7.06. The fraction of sp³-hybridized carbons (Fsp3) is 0.455. The molecular weight excluding hydrogens is 259 g/mol. The van der Waals surface area contributed by atoms with Gasteiger partial charge in [0.15, 0.2) is 0 Å². The summed E-state index contributed by atoms with van der Waals surface area (Å²) in [4.78, 5) is -0.124. The predicted molar refractivity (Wildman–Crippen MR) is 66.0 cm³/mol. The standard InChI is InChI=1S/C11H17FN2O3S/c1-2-17-7-6-14-18(15,16)11-5-3-4-10(12)9(11)8-13/h3-5,14H,2,6-8,13H2,1H3. The van der Waals surface area contributed by atoms with Crippen molar-refractivity contribution in [3.05, 3.63) is 29.6 Å². The Morgan fingerprint density at radius 3 is 2.78 bits per heavy atom. The van der Waals surface area contributed by atoms with E-state index < -0.39 is 15.8 Å². The molecule has 1 aromatic rings. The third kappa shape index (κ3) is 3.74.